The monoisotopic (exact) mass is 210 g/mol. The molecule has 1 amide bonds. The summed E-state index contributed by atoms with van der Waals surface area (Å²) in [4.78, 5) is 10.9. The summed E-state index contributed by atoms with van der Waals surface area (Å²) in [6.07, 6.45) is 3.72. The van der Waals surface area contributed by atoms with Gasteiger partial charge < -0.3 is 11.5 Å². The van der Waals surface area contributed by atoms with Gasteiger partial charge in [-0.25, -0.2) is 0 Å². The Bertz CT molecular complexity index is 292. The van der Waals surface area contributed by atoms with Gasteiger partial charge in [0, 0.05) is 12.5 Å². The van der Waals surface area contributed by atoms with Gasteiger partial charge in [0.05, 0.1) is 0 Å². The number of allylic oxidation sites excluding steroid dienone is 1. The summed E-state index contributed by atoms with van der Waals surface area (Å²) in [7, 11) is 0. The zero-order valence-electron chi connectivity index (χ0n) is 9.97. The smallest absolute Gasteiger partial charge is 0.219 e. The first kappa shape index (κ1) is 12.2. The van der Waals surface area contributed by atoms with Crippen LogP contribution in [0.3, 0.4) is 0 Å². The Labute approximate surface area is 91.9 Å². The highest BCUT2D eigenvalue weighted by atomic mass is 16.1. The van der Waals surface area contributed by atoms with Gasteiger partial charge in [-0.2, -0.15) is 0 Å². The van der Waals surface area contributed by atoms with Gasteiger partial charge >= 0.3 is 0 Å². The fourth-order valence-electron chi connectivity index (χ4n) is 2.78. The molecule has 1 aliphatic carbocycles. The Kier molecular flexibility index (Phi) is 3.55. The van der Waals surface area contributed by atoms with E-state index in [1.54, 1.807) is 0 Å². The maximum absolute atomic E-state index is 10.9. The standard InChI is InChI=1S/C12H22N2O/c1-8-5-4-6-12(2,3)11(8)9(13)7-10(14)15/h9H,4-7,13H2,1-3H3,(H2,14,15). The number of carbonyl (C=O) groups is 1. The lowest BCUT2D eigenvalue weighted by Gasteiger charge is -2.37. The third-order valence-corrected chi connectivity index (χ3v) is 3.33. The molecule has 0 heterocycles. The second-order valence-electron chi connectivity index (χ2n) is 5.21. The Hall–Kier alpha value is -0.830. The molecule has 0 aromatic heterocycles. The molecule has 0 aromatic carbocycles. The van der Waals surface area contributed by atoms with Crippen LogP contribution >= 0.6 is 0 Å². The summed E-state index contributed by atoms with van der Waals surface area (Å²) < 4.78 is 0. The number of primary amides is 1. The maximum Gasteiger partial charge on any atom is 0.219 e. The van der Waals surface area contributed by atoms with E-state index in [0.717, 1.165) is 12.8 Å². The molecule has 0 saturated heterocycles. The van der Waals surface area contributed by atoms with Gasteiger partial charge in [-0.15, -0.1) is 0 Å². The number of hydrogen-bond acceptors (Lipinski definition) is 2. The van der Waals surface area contributed by atoms with Crippen LogP contribution < -0.4 is 11.5 Å². The molecule has 0 spiro atoms. The maximum atomic E-state index is 10.9. The molecule has 1 rings (SSSR count). The van der Waals surface area contributed by atoms with E-state index in [1.165, 1.54) is 17.6 Å². The zero-order valence-corrected chi connectivity index (χ0v) is 9.97. The number of amides is 1. The van der Waals surface area contributed by atoms with Crippen LogP contribution in [0.4, 0.5) is 0 Å². The molecule has 86 valence electrons. The molecule has 1 unspecified atom stereocenters. The van der Waals surface area contributed by atoms with E-state index in [4.69, 9.17) is 11.5 Å². The second-order valence-corrected chi connectivity index (χ2v) is 5.21. The van der Waals surface area contributed by atoms with Crippen LogP contribution in [0.15, 0.2) is 11.1 Å². The van der Waals surface area contributed by atoms with E-state index in [2.05, 4.69) is 20.8 Å². The van der Waals surface area contributed by atoms with Gasteiger partial charge in [0.1, 0.15) is 0 Å². The van der Waals surface area contributed by atoms with Gasteiger partial charge in [0.2, 0.25) is 5.91 Å². The van der Waals surface area contributed by atoms with Crippen molar-refractivity contribution >= 4 is 5.91 Å². The van der Waals surface area contributed by atoms with Gasteiger partial charge in [-0.05, 0) is 37.2 Å². The Morgan fingerprint density at radius 2 is 2.13 bits per heavy atom. The van der Waals surface area contributed by atoms with Crippen molar-refractivity contribution in [2.24, 2.45) is 16.9 Å². The van der Waals surface area contributed by atoms with E-state index in [-0.39, 0.29) is 23.8 Å². The van der Waals surface area contributed by atoms with Crippen molar-refractivity contribution in [3.63, 3.8) is 0 Å². The fraction of sp³-hybridized carbons (Fsp3) is 0.750. The van der Waals surface area contributed by atoms with Crippen molar-refractivity contribution in [3.8, 4) is 0 Å². The van der Waals surface area contributed by atoms with E-state index in [1.807, 2.05) is 0 Å². The summed E-state index contributed by atoms with van der Waals surface area (Å²) in [5, 5.41) is 0. The van der Waals surface area contributed by atoms with E-state index < -0.39 is 0 Å². The minimum atomic E-state index is -0.316. The molecule has 0 saturated carbocycles. The first-order valence-corrected chi connectivity index (χ1v) is 5.58. The topological polar surface area (TPSA) is 69.1 Å². The molecule has 3 heteroatoms. The number of rotatable bonds is 3. The average Bonchev–Trinajstić information content (AvgIpc) is 1.99. The summed E-state index contributed by atoms with van der Waals surface area (Å²) >= 11 is 0. The van der Waals surface area contributed by atoms with E-state index in [9.17, 15) is 4.79 Å². The minimum Gasteiger partial charge on any atom is -0.370 e. The van der Waals surface area contributed by atoms with Crippen molar-refractivity contribution in [1.82, 2.24) is 0 Å². The highest BCUT2D eigenvalue weighted by molar-refractivity contribution is 5.75. The zero-order chi connectivity index (χ0) is 11.6. The van der Waals surface area contributed by atoms with E-state index in [0.29, 0.717) is 0 Å². The summed E-state index contributed by atoms with van der Waals surface area (Å²) in [5.74, 6) is -0.316. The first-order valence-electron chi connectivity index (χ1n) is 5.58. The molecular weight excluding hydrogens is 188 g/mol. The summed E-state index contributed by atoms with van der Waals surface area (Å²) in [6.45, 7) is 6.52. The molecule has 0 radical (unpaired) electrons. The van der Waals surface area contributed by atoms with Gasteiger partial charge in [0.15, 0.2) is 0 Å². The largest absolute Gasteiger partial charge is 0.370 e. The molecule has 4 N–H and O–H groups in total. The first-order chi connectivity index (χ1) is 6.84. The summed E-state index contributed by atoms with van der Waals surface area (Å²) in [6, 6.07) is -0.196. The van der Waals surface area contributed by atoms with Crippen molar-refractivity contribution in [3.05, 3.63) is 11.1 Å². The van der Waals surface area contributed by atoms with Crippen LogP contribution in [-0.4, -0.2) is 11.9 Å². The lowest BCUT2D eigenvalue weighted by atomic mass is 9.69. The van der Waals surface area contributed by atoms with Crippen LogP contribution in [0, 0.1) is 5.41 Å². The van der Waals surface area contributed by atoms with E-state index >= 15 is 0 Å². The lowest BCUT2D eigenvalue weighted by molar-refractivity contribution is -0.118. The van der Waals surface area contributed by atoms with Crippen LogP contribution in [0.25, 0.3) is 0 Å². The van der Waals surface area contributed by atoms with Gasteiger partial charge in [-0.3, -0.25) is 4.79 Å². The predicted octanol–water partition coefficient (Wildman–Crippen LogP) is 1.72. The SMILES string of the molecule is CC1=C(C(N)CC(N)=O)C(C)(C)CCC1. The number of hydrogen-bond donors (Lipinski definition) is 2. The molecule has 1 atom stereocenters. The van der Waals surface area contributed by atoms with Crippen LogP contribution in [0.1, 0.15) is 46.5 Å². The third-order valence-electron chi connectivity index (χ3n) is 3.33. The average molecular weight is 210 g/mol. The molecule has 0 bridgehead atoms. The van der Waals surface area contributed by atoms with Gasteiger partial charge in [0.25, 0.3) is 0 Å². The quantitative estimate of drug-likeness (QED) is 0.696. The van der Waals surface area contributed by atoms with Crippen molar-refractivity contribution in [1.29, 1.82) is 0 Å². The van der Waals surface area contributed by atoms with Crippen LogP contribution in [-0.2, 0) is 4.79 Å². The van der Waals surface area contributed by atoms with Crippen LogP contribution in [0.5, 0.6) is 0 Å². The van der Waals surface area contributed by atoms with Crippen molar-refractivity contribution in [2.75, 3.05) is 0 Å². The molecule has 0 aliphatic heterocycles. The minimum absolute atomic E-state index is 0.122. The predicted molar refractivity (Wildman–Crippen MR) is 62.1 cm³/mol. The second kappa shape index (κ2) is 4.35. The molecule has 0 fully saturated rings. The Balaban J connectivity index is 2.92. The summed E-state index contributed by atoms with van der Waals surface area (Å²) in [5.41, 5.74) is 14.0. The molecular formula is C12H22N2O. The number of nitrogens with two attached hydrogens (primary N) is 2. The lowest BCUT2D eigenvalue weighted by Crippen LogP contribution is -2.37. The van der Waals surface area contributed by atoms with Crippen molar-refractivity contribution in [2.45, 2.75) is 52.5 Å². The highest BCUT2D eigenvalue weighted by Crippen LogP contribution is 2.41. The Morgan fingerprint density at radius 1 is 1.53 bits per heavy atom. The Morgan fingerprint density at radius 3 is 2.60 bits per heavy atom. The molecule has 3 nitrogen and oxygen atoms in total. The fourth-order valence-corrected chi connectivity index (χ4v) is 2.78. The number of carbonyl (C=O) groups excluding carboxylic acids is 1. The molecule has 0 aromatic rings. The third kappa shape index (κ3) is 2.81. The highest BCUT2D eigenvalue weighted by Gasteiger charge is 2.32. The molecule has 15 heavy (non-hydrogen) atoms. The van der Waals surface area contributed by atoms with Crippen LogP contribution in [0.2, 0.25) is 0 Å². The van der Waals surface area contributed by atoms with Crippen molar-refractivity contribution < 1.29 is 4.79 Å². The normalized spacial score (nSPS) is 22.7. The molecule has 1 aliphatic rings. The van der Waals surface area contributed by atoms with Gasteiger partial charge in [-0.1, -0.05) is 19.4 Å².